The minimum Gasteiger partial charge on any atom is -0.302 e. The molecule has 0 saturated heterocycles. The molecule has 1 amide bonds. The molecule has 2 heterocycles. The molecule has 3 nitrogen and oxygen atoms in total. The Hall–Kier alpha value is -1.76. The van der Waals surface area contributed by atoms with Gasteiger partial charge in [0.25, 0.3) is 0 Å². The van der Waals surface area contributed by atoms with Gasteiger partial charge in [0.15, 0.2) is 5.13 Å². The lowest BCUT2D eigenvalue weighted by Crippen LogP contribution is -2.15. The topological polar surface area (TPSA) is 42.0 Å². The van der Waals surface area contributed by atoms with Crippen LogP contribution in [-0.2, 0) is 11.2 Å². The summed E-state index contributed by atoms with van der Waals surface area (Å²) in [4.78, 5) is 17.2. The molecule has 3 rings (SSSR count). The predicted octanol–water partition coefficient (Wildman–Crippen LogP) is 4.85. The third kappa shape index (κ3) is 3.52. The maximum absolute atomic E-state index is 13.5. The van der Waals surface area contributed by atoms with Crippen LogP contribution < -0.4 is 5.32 Å². The van der Waals surface area contributed by atoms with Gasteiger partial charge in [-0.15, -0.1) is 22.7 Å². The summed E-state index contributed by atoms with van der Waals surface area (Å²) in [7, 11) is 0. The lowest BCUT2D eigenvalue weighted by Gasteiger charge is -2.03. The van der Waals surface area contributed by atoms with Crippen molar-refractivity contribution in [2.45, 2.75) is 6.42 Å². The first-order chi connectivity index (χ1) is 10.6. The van der Waals surface area contributed by atoms with Gasteiger partial charge in [-0.2, -0.15) is 0 Å². The third-order valence-corrected chi connectivity index (χ3v) is 4.90. The van der Waals surface area contributed by atoms with Crippen LogP contribution in [0.3, 0.4) is 0 Å². The van der Waals surface area contributed by atoms with Gasteiger partial charge < -0.3 is 5.32 Å². The summed E-state index contributed by atoms with van der Waals surface area (Å²) in [5, 5.41) is 5.02. The second-order valence-corrected chi connectivity index (χ2v) is 7.03. The Balaban J connectivity index is 1.67. The number of carbonyl (C=O) groups excluding carboxylic acids is 1. The van der Waals surface area contributed by atoms with Gasteiger partial charge in [0, 0.05) is 5.38 Å². The van der Waals surface area contributed by atoms with E-state index in [1.54, 1.807) is 24.3 Å². The third-order valence-electron chi connectivity index (χ3n) is 2.89. The SMILES string of the molecule is O=C(Cc1ccccc1F)Nc1nc(-c2ccc(Cl)s2)cs1. The van der Waals surface area contributed by atoms with Crippen LogP contribution in [0.2, 0.25) is 4.34 Å². The summed E-state index contributed by atoms with van der Waals surface area (Å²) in [6, 6.07) is 9.91. The van der Waals surface area contributed by atoms with Crippen LogP contribution in [0, 0.1) is 5.82 Å². The van der Waals surface area contributed by atoms with Crippen LogP contribution in [0.4, 0.5) is 9.52 Å². The van der Waals surface area contributed by atoms with E-state index in [-0.39, 0.29) is 18.1 Å². The average molecular weight is 353 g/mol. The molecule has 3 aromatic rings. The number of nitrogens with zero attached hydrogens (tertiary/aromatic N) is 1. The standard InChI is InChI=1S/C15H10ClFN2OS2/c16-13-6-5-12(22-13)11-8-21-15(18-11)19-14(20)7-9-3-1-2-4-10(9)17/h1-6,8H,7H2,(H,18,19,20). The molecule has 0 radical (unpaired) electrons. The Kier molecular flexibility index (Phi) is 4.52. The Morgan fingerprint density at radius 1 is 1.27 bits per heavy atom. The summed E-state index contributed by atoms with van der Waals surface area (Å²) in [6.45, 7) is 0. The first kappa shape index (κ1) is 15.1. The minimum absolute atomic E-state index is 0.0214. The number of hydrogen-bond acceptors (Lipinski definition) is 4. The molecule has 0 spiro atoms. The van der Waals surface area contributed by atoms with Crippen molar-refractivity contribution in [3.63, 3.8) is 0 Å². The van der Waals surface area contributed by atoms with Crippen molar-refractivity contribution >= 4 is 45.3 Å². The molecule has 22 heavy (non-hydrogen) atoms. The van der Waals surface area contributed by atoms with Gasteiger partial charge in [-0.25, -0.2) is 9.37 Å². The monoisotopic (exact) mass is 352 g/mol. The first-order valence-electron chi connectivity index (χ1n) is 6.36. The van der Waals surface area contributed by atoms with Crippen molar-refractivity contribution in [2.24, 2.45) is 0 Å². The van der Waals surface area contributed by atoms with E-state index < -0.39 is 0 Å². The Labute approximate surface area is 139 Å². The highest BCUT2D eigenvalue weighted by Gasteiger charge is 2.11. The van der Waals surface area contributed by atoms with Crippen molar-refractivity contribution in [2.75, 3.05) is 5.32 Å². The summed E-state index contributed by atoms with van der Waals surface area (Å²) < 4.78 is 14.2. The van der Waals surface area contributed by atoms with Crippen molar-refractivity contribution < 1.29 is 9.18 Å². The maximum Gasteiger partial charge on any atom is 0.230 e. The molecule has 0 aliphatic rings. The van der Waals surface area contributed by atoms with E-state index in [0.717, 1.165) is 10.6 Å². The number of nitrogens with one attached hydrogen (secondary N) is 1. The van der Waals surface area contributed by atoms with E-state index in [1.807, 2.05) is 11.4 Å². The zero-order chi connectivity index (χ0) is 15.5. The van der Waals surface area contributed by atoms with E-state index >= 15 is 0 Å². The summed E-state index contributed by atoms with van der Waals surface area (Å²) in [5.41, 5.74) is 1.13. The Morgan fingerprint density at radius 3 is 2.82 bits per heavy atom. The highest BCUT2D eigenvalue weighted by molar-refractivity contribution is 7.20. The highest BCUT2D eigenvalue weighted by Crippen LogP contribution is 2.32. The Bertz CT molecular complexity index is 815. The second-order valence-electron chi connectivity index (χ2n) is 4.46. The lowest BCUT2D eigenvalue weighted by molar-refractivity contribution is -0.115. The van der Waals surface area contributed by atoms with E-state index in [4.69, 9.17) is 11.6 Å². The van der Waals surface area contributed by atoms with Crippen molar-refractivity contribution in [3.05, 3.63) is 57.5 Å². The smallest absolute Gasteiger partial charge is 0.230 e. The number of hydrogen-bond donors (Lipinski definition) is 1. The normalized spacial score (nSPS) is 10.6. The quantitative estimate of drug-likeness (QED) is 0.729. The number of carbonyl (C=O) groups is 1. The molecule has 2 aromatic heterocycles. The largest absolute Gasteiger partial charge is 0.302 e. The summed E-state index contributed by atoms with van der Waals surface area (Å²) in [6.07, 6.45) is -0.0214. The summed E-state index contributed by atoms with van der Waals surface area (Å²) in [5.74, 6) is -0.680. The van der Waals surface area contributed by atoms with Gasteiger partial charge >= 0.3 is 0 Å². The molecule has 112 valence electrons. The van der Waals surface area contributed by atoms with E-state index in [1.165, 1.54) is 28.7 Å². The highest BCUT2D eigenvalue weighted by atomic mass is 35.5. The van der Waals surface area contributed by atoms with Gasteiger partial charge in [0.1, 0.15) is 5.82 Å². The number of thiazole rings is 1. The molecular weight excluding hydrogens is 343 g/mol. The lowest BCUT2D eigenvalue weighted by atomic mass is 10.1. The van der Waals surface area contributed by atoms with Gasteiger partial charge in [-0.05, 0) is 23.8 Å². The average Bonchev–Trinajstić information content (AvgIpc) is 3.10. The first-order valence-corrected chi connectivity index (χ1v) is 8.44. The van der Waals surface area contributed by atoms with Crippen LogP contribution in [0.5, 0.6) is 0 Å². The van der Waals surface area contributed by atoms with Crippen LogP contribution >= 0.6 is 34.3 Å². The second kappa shape index (κ2) is 6.56. The van der Waals surface area contributed by atoms with Crippen LogP contribution in [0.25, 0.3) is 10.6 Å². The maximum atomic E-state index is 13.5. The van der Waals surface area contributed by atoms with Crippen LogP contribution in [0.15, 0.2) is 41.8 Å². The van der Waals surface area contributed by atoms with Crippen LogP contribution in [-0.4, -0.2) is 10.9 Å². The molecule has 7 heteroatoms. The fourth-order valence-corrected chi connectivity index (χ4v) is 3.68. The molecule has 0 aliphatic carbocycles. The van der Waals surface area contributed by atoms with Gasteiger partial charge in [0.05, 0.1) is 21.3 Å². The molecule has 0 fully saturated rings. The van der Waals surface area contributed by atoms with Gasteiger partial charge in [-0.1, -0.05) is 29.8 Å². The van der Waals surface area contributed by atoms with Gasteiger partial charge in [0.2, 0.25) is 5.91 Å². The van der Waals surface area contributed by atoms with Crippen LogP contribution in [0.1, 0.15) is 5.56 Å². The number of rotatable bonds is 4. The van der Waals surface area contributed by atoms with Crippen molar-refractivity contribution in [3.8, 4) is 10.6 Å². The fraction of sp³-hybridized carbons (Fsp3) is 0.0667. The fourth-order valence-electron chi connectivity index (χ4n) is 1.87. The molecule has 0 saturated carbocycles. The van der Waals surface area contributed by atoms with E-state index in [9.17, 15) is 9.18 Å². The molecule has 0 bridgehead atoms. The molecule has 1 aromatic carbocycles. The number of thiophene rings is 1. The number of benzene rings is 1. The molecule has 0 unspecified atom stereocenters. The van der Waals surface area contributed by atoms with Gasteiger partial charge in [-0.3, -0.25) is 4.79 Å². The van der Waals surface area contributed by atoms with Crippen molar-refractivity contribution in [1.82, 2.24) is 4.98 Å². The number of anilines is 1. The number of amides is 1. The van der Waals surface area contributed by atoms with E-state index in [0.29, 0.717) is 15.0 Å². The number of halogens is 2. The molecular formula is C15H10ClFN2OS2. The molecule has 0 atom stereocenters. The molecule has 1 N–H and O–H groups in total. The zero-order valence-corrected chi connectivity index (χ0v) is 13.6. The minimum atomic E-state index is -0.384. The summed E-state index contributed by atoms with van der Waals surface area (Å²) >= 11 is 8.64. The predicted molar refractivity (Wildman–Crippen MR) is 89.2 cm³/mol. The number of aromatic nitrogens is 1. The molecule has 0 aliphatic heterocycles. The van der Waals surface area contributed by atoms with Crippen molar-refractivity contribution in [1.29, 1.82) is 0 Å². The zero-order valence-electron chi connectivity index (χ0n) is 11.2. The van der Waals surface area contributed by atoms with E-state index in [2.05, 4.69) is 10.3 Å². The Morgan fingerprint density at radius 2 is 2.09 bits per heavy atom.